The fourth-order valence-electron chi connectivity index (χ4n) is 12.1. The van der Waals surface area contributed by atoms with Crippen LogP contribution in [0, 0.1) is 29.1 Å². The van der Waals surface area contributed by atoms with Crippen molar-refractivity contribution < 1.29 is 32.0 Å². The van der Waals surface area contributed by atoms with Crippen molar-refractivity contribution >= 4 is 22.1 Å². The van der Waals surface area contributed by atoms with Crippen molar-refractivity contribution in [3.63, 3.8) is 0 Å². The summed E-state index contributed by atoms with van der Waals surface area (Å²) in [5.41, 5.74) is 5.95. The van der Waals surface area contributed by atoms with Gasteiger partial charge in [-0.1, -0.05) is 66.7 Å². The number of esters is 2. The summed E-state index contributed by atoms with van der Waals surface area (Å²) in [7, 11) is -4.69. The number of carbonyl (C=O) groups is 2. The van der Waals surface area contributed by atoms with Gasteiger partial charge in [0.15, 0.2) is 0 Å². The van der Waals surface area contributed by atoms with E-state index < -0.39 is 33.3 Å². The molecule has 0 N–H and O–H groups in total. The van der Waals surface area contributed by atoms with Crippen LogP contribution in [0.1, 0.15) is 108 Å². The van der Waals surface area contributed by atoms with Crippen molar-refractivity contribution in [2.24, 2.45) is 29.1 Å². The van der Waals surface area contributed by atoms with E-state index >= 15 is 0 Å². The molecule has 4 aromatic carbocycles. The molecule has 0 aromatic heterocycles. The van der Waals surface area contributed by atoms with Gasteiger partial charge in [0.05, 0.1) is 16.2 Å². The van der Waals surface area contributed by atoms with Crippen molar-refractivity contribution in [3.8, 4) is 11.5 Å². The second kappa shape index (κ2) is 11.9. The molecule has 52 heavy (non-hydrogen) atoms. The summed E-state index contributed by atoms with van der Waals surface area (Å²) in [6.07, 6.45) is 8.93. The van der Waals surface area contributed by atoms with Gasteiger partial charge in [-0.15, -0.1) is 0 Å². The quantitative estimate of drug-likeness (QED) is 0.113. The second-order valence-corrected chi connectivity index (χ2v) is 17.8. The van der Waals surface area contributed by atoms with Gasteiger partial charge in [-0.05, 0) is 139 Å². The maximum Gasteiger partial charge on any atom is 0.317 e. The number of hydrogen-bond acceptors (Lipinski definition) is 7. The summed E-state index contributed by atoms with van der Waals surface area (Å²) in [5, 5.41) is 0. The topological polar surface area (TPSA) is 110 Å². The summed E-state index contributed by atoms with van der Waals surface area (Å²) in [6.45, 7) is 0. The maximum atomic E-state index is 15.0. The molecule has 0 saturated heterocycles. The van der Waals surface area contributed by atoms with E-state index in [0.29, 0.717) is 53.2 Å². The zero-order chi connectivity index (χ0) is 35.4. The SMILES string of the molecule is O=C(Oc1ccc(S(=O)(=O)[O-])c2c1CCCC2)C1C2c3ccccc3C(c3ccccc32)C1c1ccccc1OC(=O)C12CC3CC(CC(C3)C1)C2. The van der Waals surface area contributed by atoms with Crippen LogP contribution in [0.3, 0.4) is 0 Å². The molecule has 6 bridgehead atoms. The predicted octanol–water partition coefficient (Wildman–Crippen LogP) is 8.19. The Morgan fingerprint density at radius 3 is 1.71 bits per heavy atom. The fourth-order valence-corrected chi connectivity index (χ4v) is 12.8. The summed E-state index contributed by atoms with van der Waals surface area (Å²) < 4.78 is 49.5. The number of para-hydroxylation sites is 1. The minimum absolute atomic E-state index is 0.125. The Bertz CT molecular complexity index is 2170. The minimum atomic E-state index is -4.69. The van der Waals surface area contributed by atoms with Crippen molar-refractivity contribution in [1.29, 1.82) is 0 Å². The standard InChI is InChI=1S/C44H42O7S/c45-42(50-36-17-18-37(52(47,48)49)29-10-2-1-9-28(29)36)41-39-32-13-5-3-11-30(32)38(31-12-4-6-14-33(31)39)40(41)34-15-7-8-16-35(34)51-43(46)44-22-25-19-26(23-44)21-27(20-25)24-44/h3-8,11-18,25-27,38-41H,1-2,9-10,19-24H2,(H,47,48,49)/p-1. The summed E-state index contributed by atoms with van der Waals surface area (Å²) in [6, 6.07) is 27.2. The minimum Gasteiger partial charge on any atom is -0.744 e. The Morgan fingerprint density at radius 2 is 1.13 bits per heavy atom. The molecule has 0 spiro atoms. The average Bonchev–Trinajstić information content (AvgIpc) is 3.14. The van der Waals surface area contributed by atoms with E-state index in [1.54, 1.807) is 0 Å². The third-order valence-electron chi connectivity index (χ3n) is 13.6. The molecule has 8 aliphatic carbocycles. The van der Waals surface area contributed by atoms with Gasteiger partial charge in [0.1, 0.15) is 21.6 Å². The Morgan fingerprint density at radius 1 is 0.615 bits per heavy atom. The van der Waals surface area contributed by atoms with Crippen LogP contribution < -0.4 is 9.47 Å². The molecule has 8 aliphatic rings. The van der Waals surface area contributed by atoms with Crippen LogP contribution in [0.25, 0.3) is 0 Å². The molecule has 2 atom stereocenters. The first-order valence-electron chi connectivity index (χ1n) is 19.0. The Balaban J connectivity index is 1.08. The summed E-state index contributed by atoms with van der Waals surface area (Å²) in [4.78, 5) is 29.1. The largest absolute Gasteiger partial charge is 0.744 e. The number of carbonyl (C=O) groups excluding carboxylic acids is 2. The maximum absolute atomic E-state index is 15.0. The van der Waals surface area contributed by atoms with Crippen LogP contribution in [-0.4, -0.2) is 24.9 Å². The van der Waals surface area contributed by atoms with E-state index in [1.165, 1.54) is 31.4 Å². The molecule has 4 aromatic rings. The molecule has 7 nitrogen and oxygen atoms in total. The Hall–Kier alpha value is -4.27. The normalized spacial score (nSPS) is 30.6. The molecule has 0 heterocycles. The van der Waals surface area contributed by atoms with Crippen LogP contribution in [0.5, 0.6) is 11.5 Å². The molecule has 4 saturated carbocycles. The second-order valence-electron chi connectivity index (χ2n) is 16.5. The van der Waals surface area contributed by atoms with Gasteiger partial charge in [0.25, 0.3) is 0 Å². The molecular formula is C44H41O7S-. The van der Waals surface area contributed by atoms with Crippen LogP contribution in [-0.2, 0) is 32.5 Å². The first-order valence-corrected chi connectivity index (χ1v) is 20.4. The van der Waals surface area contributed by atoms with Crippen molar-refractivity contribution in [2.45, 2.75) is 86.9 Å². The highest BCUT2D eigenvalue weighted by Crippen LogP contribution is 2.64. The number of fused-ring (bicyclic) bond motifs is 2. The molecule has 8 heteroatoms. The summed E-state index contributed by atoms with van der Waals surface area (Å²) in [5.74, 6) is 0.492. The van der Waals surface area contributed by atoms with Gasteiger partial charge < -0.3 is 14.0 Å². The van der Waals surface area contributed by atoms with E-state index in [4.69, 9.17) is 9.47 Å². The number of hydrogen-bond donors (Lipinski definition) is 0. The van der Waals surface area contributed by atoms with Gasteiger partial charge in [0.2, 0.25) is 0 Å². The van der Waals surface area contributed by atoms with Gasteiger partial charge in [-0.25, -0.2) is 8.42 Å². The lowest BCUT2D eigenvalue weighted by atomic mass is 9.49. The highest BCUT2D eigenvalue weighted by molar-refractivity contribution is 7.85. The molecule has 266 valence electrons. The van der Waals surface area contributed by atoms with Crippen LogP contribution in [0.15, 0.2) is 89.8 Å². The molecule has 2 unspecified atom stereocenters. The van der Waals surface area contributed by atoms with Gasteiger partial charge in [-0.3, -0.25) is 9.59 Å². The van der Waals surface area contributed by atoms with Crippen molar-refractivity contribution in [3.05, 3.63) is 124 Å². The van der Waals surface area contributed by atoms with Crippen molar-refractivity contribution in [1.82, 2.24) is 0 Å². The molecular weight excluding hydrogens is 673 g/mol. The third kappa shape index (κ3) is 4.97. The lowest BCUT2D eigenvalue weighted by molar-refractivity contribution is -0.161. The average molecular weight is 714 g/mol. The van der Waals surface area contributed by atoms with Crippen molar-refractivity contribution in [2.75, 3.05) is 0 Å². The highest BCUT2D eigenvalue weighted by Gasteiger charge is 2.57. The monoisotopic (exact) mass is 713 g/mol. The fraction of sp³-hybridized carbons (Fsp3) is 0.409. The van der Waals surface area contributed by atoms with E-state index in [2.05, 4.69) is 24.3 Å². The molecule has 4 fully saturated rings. The first kappa shape index (κ1) is 32.4. The van der Waals surface area contributed by atoms with Gasteiger partial charge >= 0.3 is 11.9 Å². The van der Waals surface area contributed by atoms with Crippen LogP contribution >= 0.6 is 0 Å². The zero-order valence-electron chi connectivity index (χ0n) is 29.0. The lowest BCUT2D eigenvalue weighted by Crippen LogP contribution is -2.51. The Labute approximate surface area is 304 Å². The molecule has 12 rings (SSSR count). The summed E-state index contributed by atoms with van der Waals surface area (Å²) >= 11 is 0. The number of ether oxygens (including phenoxy) is 2. The highest BCUT2D eigenvalue weighted by atomic mass is 32.2. The lowest BCUT2D eigenvalue weighted by Gasteiger charge is -2.55. The third-order valence-corrected chi connectivity index (χ3v) is 14.5. The van der Waals surface area contributed by atoms with Crippen LogP contribution in [0.4, 0.5) is 0 Å². The van der Waals surface area contributed by atoms with Crippen LogP contribution in [0.2, 0.25) is 0 Å². The number of rotatable bonds is 6. The smallest absolute Gasteiger partial charge is 0.317 e. The molecule has 0 radical (unpaired) electrons. The zero-order valence-corrected chi connectivity index (χ0v) is 29.8. The van der Waals surface area contributed by atoms with E-state index in [0.717, 1.165) is 59.9 Å². The van der Waals surface area contributed by atoms with Gasteiger partial charge in [0, 0.05) is 17.8 Å². The molecule has 0 amide bonds. The number of benzene rings is 4. The van der Waals surface area contributed by atoms with E-state index in [-0.39, 0.29) is 22.7 Å². The van der Waals surface area contributed by atoms with Gasteiger partial charge in [-0.2, -0.15) is 0 Å². The predicted molar refractivity (Wildman–Crippen MR) is 192 cm³/mol. The first-order chi connectivity index (χ1) is 25.2. The van der Waals surface area contributed by atoms with E-state index in [1.807, 2.05) is 48.5 Å². The van der Waals surface area contributed by atoms with E-state index in [9.17, 15) is 22.6 Å². The Kier molecular flexibility index (Phi) is 7.39. The molecule has 0 aliphatic heterocycles.